The SMILES string of the molecule is NCc1nnc(CC(=O)N2C[C@H](F)C[C@H]2C(=O)N[C@@H](c2ccccc2)c2ccc(C3CC3)c(F)c2)o1. The van der Waals surface area contributed by atoms with Crippen molar-refractivity contribution in [2.75, 3.05) is 6.54 Å². The maximum absolute atomic E-state index is 14.9. The third-order valence-electron chi connectivity index (χ3n) is 6.65. The minimum absolute atomic E-state index is 0.0333. The second-order valence-electron chi connectivity index (χ2n) is 9.27. The summed E-state index contributed by atoms with van der Waals surface area (Å²) in [6.07, 6.45) is 0.202. The minimum Gasteiger partial charge on any atom is -0.423 e. The first-order valence-corrected chi connectivity index (χ1v) is 12.0. The number of alkyl halides is 1. The first-order valence-electron chi connectivity index (χ1n) is 12.0. The number of nitrogens with one attached hydrogen (secondary N) is 1. The molecule has 1 aliphatic carbocycles. The van der Waals surface area contributed by atoms with E-state index in [4.69, 9.17) is 10.2 Å². The molecular weight excluding hydrogens is 468 g/mol. The van der Waals surface area contributed by atoms with E-state index in [-0.39, 0.29) is 49.4 Å². The topological polar surface area (TPSA) is 114 Å². The molecule has 2 aromatic carbocycles. The number of rotatable bonds is 8. The number of hydrogen-bond donors (Lipinski definition) is 2. The molecule has 8 nitrogen and oxygen atoms in total. The molecule has 10 heteroatoms. The lowest BCUT2D eigenvalue weighted by atomic mass is 9.96. The Morgan fingerprint density at radius 2 is 1.86 bits per heavy atom. The summed E-state index contributed by atoms with van der Waals surface area (Å²) in [5.41, 5.74) is 7.46. The molecule has 1 saturated heterocycles. The number of amides is 2. The molecule has 0 spiro atoms. The molecular formula is C26H27F2N5O3. The molecule has 2 heterocycles. The zero-order valence-electron chi connectivity index (χ0n) is 19.6. The van der Waals surface area contributed by atoms with Gasteiger partial charge in [0.1, 0.15) is 24.5 Å². The van der Waals surface area contributed by atoms with Crippen LogP contribution in [0.5, 0.6) is 0 Å². The van der Waals surface area contributed by atoms with Crippen molar-refractivity contribution in [1.29, 1.82) is 0 Å². The van der Waals surface area contributed by atoms with E-state index in [1.54, 1.807) is 6.07 Å². The highest BCUT2D eigenvalue weighted by Crippen LogP contribution is 2.42. The summed E-state index contributed by atoms with van der Waals surface area (Å²) in [4.78, 5) is 27.5. The van der Waals surface area contributed by atoms with Crippen molar-refractivity contribution in [1.82, 2.24) is 20.4 Å². The van der Waals surface area contributed by atoms with Gasteiger partial charge in [-0.3, -0.25) is 9.59 Å². The lowest BCUT2D eigenvalue weighted by Crippen LogP contribution is -2.47. The number of aromatic nitrogens is 2. The Bertz CT molecular complexity index is 1250. The van der Waals surface area contributed by atoms with Crippen LogP contribution in [0.2, 0.25) is 0 Å². The van der Waals surface area contributed by atoms with Gasteiger partial charge in [-0.25, -0.2) is 8.78 Å². The monoisotopic (exact) mass is 495 g/mol. The molecule has 3 N–H and O–H groups in total. The summed E-state index contributed by atoms with van der Waals surface area (Å²) in [5.74, 6) is -0.833. The molecule has 3 aromatic rings. The zero-order valence-corrected chi connectivity index (χ0v) is 19.6. The van der Waals surface area contributed by atoms with Crippen LogP contribution >= 0.6 is 0 Å². The van der Waals surface area contributed by atoms with Crippen molar-refractivity contribution >= 4 is 11.8 Å². The summed E-state index contributed by atoms with van der Waals surface area (Å²) < 4.78 is 34.6. The largest absolute Gasteiger partial charge is 0.423 e. The molecule has 0 unspecified atom stereocenters. The highest BCUT2D eigenvalue weighted by atomic mass is 19.1. The molecule has 36 heavy (non-hydrogen) atoms. The van der Waals surface area contributed by atoms with E-state index in [1.807, 2.05) is 36.4 Å². The standard InChI is InChI=1S/C26H27F2N5O3/c27-18-11-21(33(14-18)24(34)12-22-31-32-23(13-29)36-22)26(35)30-25(16-4-2-1-3-5-16)17-8-9-19(15-6-7-15)20(28)10-17/h1-5,8-10,15,18,21,25H,6-7,11-14,29H2,(H,30,35)/t18-,21+,25+/m1/s1. The van der Waals surface area contributed by atoms with Crippen molar-refractivity contribution in [3.8, 4) is 0 Å². The van der Waals surface area contributed by atoms with Crippen molar-refractivity contribution < 1.29 is 22.8 Å². The number of likely N-dealkylation sites (tertiary alicyclic amines) is 1. The maximum Gasteiger partial charge on any atom is 0.243 e. The van der Waals surface area contributed by atoms with Gasteiger partial charge in [-0.15, -0.1) is 10.2 Å². The smallest absolute Gasteiger partial charge is 0.243 e. The number of nitrogens with two attached hydrogens (primary N) is 1. The highest BCUT2D eigenvalue weighted by molar-refractivity contribution is 5.89. The fourth-order valence-electron chi connectivity index (χ4n) is 4.67. The van der Waals surface area contributed by atoms with Crippen LogP contribution in [0.25, 0.3) is 0 Å². The third-order valence-corrected chi connectivity index (χ3v) is 6.65. The Morgan fingerprint density at radius 1 is 1.11 bits per heavy atom. The number of benzene rings is 2. The summed E-state index contributed by atoms with van der Waals surface area (Å²) >= 11 is 0. The molecule has 0 radical (unpaired) electrons. The van der Waals surface area contributed by atoms with E-state index in [0.29, 0.717) is 11.1 Å². The quantitative estimate of drug-likeness (QED) is 0.497. The van der Waals surface area contributed by atoms with Crippen LogP contribution in [-0.2, 0) is 22.6 Å². The van der Waals surface area contributed by atoms with Gasteiger partial charge in [-0.05, 0) is 41.5 Å². The van der Waals surface area contributed by atoms with Gasteiger partial charge in [0, 0.05) is 6.42 Å². The van der Waals surface area contributed by atoms with Crippen LogP contribution in [0.15, 0.2) is 52.9 Å². The Labute approximate surface area is 206 Å². The highest BCUT2D eigenvalue weighted by Gasteiger charge is 2.41. The average molecular weight is 496 g/mol. The van der Waals surface area contributed by atoms with Gasteiger partial charge in [-0.1, -0.05) is 42.5 Å². The first kappa shape index (κ1) is 24.1. The fourth-order valence-corrected chi connectivity index (χ4v) is 4.67. The Morgan fingerprint density at radius 3 is 2.53 bits per heavy atom. The van der Waals surface area contributed by atoms with Crippen LogP contribution < -0.4 is 11.1 Å². The summed E-state index contributed by atoms with van der Waals surface area (Å²) in [7, 11) is 0. The van der Waals surface area contributed by atoms with E-state index >= 15 is 0 Å². The van der Waals surface area contributed by atoms with Crippen molar-refractivity contribution in [3.63, 3.8) is 0 Å². The van der Waals surface area contributed by atoms with Crippen LogP contribution in [0, 0.1) is 5.82 Å². The Balaban J connectivity index is 1.36. The summed E-state index contributed by atoms with van der Waals surface area (Å²) in [5, 5.41) is 10.4. The van der Waals surface area contributed by atoms with Crippen molar-refractivity contribution in [3.05, 3.63) is 82.8 Å². The minimum atomic E-state index is -1.35. The molecule has 2 amide bonds. The fraction of sp³-hybridized carbons (Fsp3) is 0.385. The van der Waals surface area contributed by atoms with Crippen molar-refractivity contribution in [2.24, 2.45) is 5.73 Å². The van der Waals surface area contributed by atoms with Crippen molar-refractivity contribution in [2.45, 2.75) is 56.4 Å². The van der Waals surface area contributed by atoms with Gasteiger partial charge in [0.05, 0.1) is 19.1 Å². The van der Waals surface area contributed by atoms with E-state index in [9.17, 15) is 18.4 Å². The second kappa shape index (κ2) is 10.1. The van der Waals surface area contributed by atoms with E-state index in [2.05, 4.69) is 15.5 Å². The average Bonchev–Trinajstić information content (AvgIpc) is 3.49. The lowest BCUT2D eigenvalue weighted by Gasteiger charge is -2.27. The van der Waals surface area contributed by atoms with Gasteiger partial charge in [0.15, 0.2) is 0 Å². The predicted octanol–water partition coefficient (Wildman–Crippen LogP) is 2.93. The van der Waals surface area contributed by atoms with Crippen LogP contribution in [0.3, 0.4) is 0 Å². The molecule has 2 aliphatic rings. The molecule has 5 rings (SSSR count). The van der Waals surface area contributed by atoms with Gasteiger partial charge in [-0.2, -0.15) is 0 Å². The molecule has 2 fully saturated rings. The molecule has 1 aliphatic heterocycles. The third kappa shape index (κ3) is 5.13. The molecule has 0 bridgehead atoms. The molecule has 1 saturated carbocycles. The van der Waals surface area contributed by atoms with Crippen LogP contribution in [-0.4, -0.2) is 45.7 Å². The number of nitrogens with zero attached hydrogens (tertiary/aromatic N) is 3. The van der Waals surface area contributed by atoms with E-state index < -0.39 is 30.1 Å². The van der Waals surface area contributed by atoms with Crippen LogP contribution in [0.1, 0.15) is 59.7 Å². The number of carbonyl (C=O) groups is 2. The normalized spacial score (nSPS) is 20.4. The van der Waals surface area contributed by atoms with Gasteiger partial charge in [0.2, 0.25) is 23.6 Å². The van der Waals surface area contributed by atoms with Gasteiger partial charge in [0.25, 0.3) is 0 Å². The molecule has 1 aromatic heterocycles. The predicted molar refractivity (Wildman–Crippen MR) is 126 cm³/mol. The molecule has 3 atom stereocenters. The number of carbonyl (C=O) groups excluding carboxylic acids is 2. The first-order chi connectivity index (χ1) is 17.4. The zero-order chi connectivity index (χ0) is 25.2. The Hall–Kier alpha value is -3.66. The number of hydrogen-bond acceptors (Lipinski definition) is 6. The van der Waals surface area contributed by atoms with E-state index in [1.165, 1.54) is 11.0 Å². The lowest BCUT2D eigenvalue weighted by molar-refractivity contribution is -0.138. The van der Waals surface area contributed by atoms with Gasteiger partial charge < -0.3 is 20.4 Å². The summed E-state index contributed by atoms with van der Waals surface area (Å²) in [6, 6.07) is 12.5. The Kier molecular flexibility index (Phi) is 6.77. The van der Waals surface area contributed by atoms with Crippen LogP contribution in [0.4, 0.5) is 8.78 Å². The second-order valence-corrected chi connectivity index (χ2v) is 9.27. The number of halogens is 2. The summed E-state index contributed by atoms with van der Waals surface area (Å²) in [6.45, 7) is -0.179. The molecule has 188 valence electrons. The maximum atomic E-state index is 14.9. The van der Waals surface area contributed by atoms with E-state index in [0.717, 1.165) is 18.4 Å². The van der Waals surface area contributed by atoms with Gasteiger partial charge >= 0.3 is 0 Å².